The lowest BCUT2D eigenvalue weighted by molar-refractivity contribution is -0.121. The smallest absolute Gasteiger partial charge is 0.244 e. The summed E-state index contributed by atoms with van der Waals surface area (Å²) < 4.78 is 13.5. The quantitative estimate of drug-likeness (QED) is 0.846. The second kappa shape index (κ2) is 5.27. The summed E-state index contributed by atoms with van der Waals surface area (Å²) >= 11 is 0. The molecular weight excluding hydrogens is 219 g/mol. The van der Waals surface area contributed by atoms with Crippen LogP contribution in [0.15, 0.2) is 18.2 Å². The second-order valence-corrected chi connectivity index (χ2v) is 4.59. The van der Waals surface area contributed by atoms with E-state index in [0.717, 1.165) is 5.56 Å². The first-order valence-corrected chi connectivity index (χ1v) is 5.69. The summed E-state index contributed by atoms with van der Waals surface area (Å²) in [7, 11) is 0. The van der Waals surface area contributed by atoms with Crippen molar-refractivity contribution in [2.45, 2.75) is 33.2 Å². The number of aryl methyl sites for hydroxylation is 1. The van der Waals surface area contributed by atoms with E-state index in [-0.39, 0.29) is 11.6 Å². The SMILES string of the molecule is CCNC(C)(C)C(=O)Nc1cc(C)ccc1F. The first-order chi connectivity index (χ1) is 7.86. The molecule has 0 fully saturated rings. The molecule has 0 aromatic heterocycles. The molecule has 0 atom stereocenters. The van der Waals surface area contributed by atoms with Crippen molar-refractivity contribution in [3.8, 4) is 0 Å². The minimum Gasteiger partial charge on any atom is -0.322 e. The Hall–Kier alpha value is -1.42. The normalized spacial score (nSPS) is 11.4. The Morgan fingerprint density at radius 2 is 2.06 bits per heavy atom. The predicted molar refractivity (Wildman–Crippen MR) is 67.5 cm³/mol. The number of carbonyl (C=O) groups is 1. The lowest BCUT2D eigenvalue weighted by atomic mass is 10.0. The van der Waals surface area contributed by atoms with Gasteiger partial charge in [-0.05, 0) is 45.0 Å². The summed E-state index contributed by atoms with van der Waals surface area (Å²) in [5.41, 5.74) is 0.411. The van der Waals surface area contributed by atoms with Gasteiger partial charge in [-0.3, -0.25) is 4.79 Å². The highest BCUT2D eigenvalue weighted by molar-refractivity contribution is 5.97. The molecule has 1 amide bonds. The number of halogens is 1. The molecule has 17 heavy (non-hydrogen) atoms. The first-order valence-electron chi connectivity index (χ1n) is 5.69. The molecule has 3 nitrogen and oxygen atoms in total. The minimum atomic E-state index is -0.717. The van der Waals surface area contributed by atoms with Crippen molar-refractivity contribution in [2.75, 3.05) is 11.9 Å². The van der Waals surface area contributed by atoms with E-state index in [1.807, 2.05) is 13.8 Å². The first kappa shape index (κ1) is 13.6. The average molecular weight is 238 g/mol. The maximum absolute atomic E-state index is 13.5. The van der Waals surface area contributed by atoms with Gasteiger partial charge in [0, 0.05) is 0 Å². The van der Waals surface area contributed by atoms with E-state index in [1.165, 1.54) is 6.07 Å². The van der Waals surface area contributed by atoms with E-state index in [9.17, 15) is 9.18 Å². The fourth-order valence-electron chi connectivity index (χ4n) is 1.54. The van der Waals surface area contributed by atoms with Crippen LogP contribution in [0, 0.1) is 12.7 Å². The monoisotopic (exact) mass is 238 g/mol. The van der Waals surface area contributed by atoms with E-state index in [4.69, 9.17) is 0 Å². The van der Waals surface area contributed by atoms with Gasteiger partial charge < -0.3 is 10.6 Å². The summed E-state index contributed by atoms with van der Waals surface area (Å²) in [6.07, 6.45) is 0. The fourth-order valence-corrected chi connectivity index (χ4v) is 1.54. The molecule has 1 aromatic rings. The van der Waals surface area contributed by atoms with Crippen molar-refractivity contribution in [3.05, 3.63) is 29.6 Å². The van der Waals surface area contributed by atoms with Crippen LogP contribution in [-0.4, -0.2) is 18.0 Å². The van der Waals surface area contributed by atoms with Crippen LogP contribution in [0.4, 0.5) is 10.1 Å². The van der Waals surface area contributed by atoms with Crippen molar-refractivity contribution < 1.29 is 9.18 Å². The van der Waals surface area contributed by atoms with Crippen molar-refractivity contribution >= 4 is 11.6 Å². The number of carbonyl (C=O) groups excluding carboxylic acids is 1. The number of anilines is 1. The molecule has 0 unspecified atom stereocenters. The summed E-state index contributed by atoms with van der Waals surface area (Å²) in [5.74, 6) is -0.667. The van der Waals surface area contributed by atoms with Crippen LogP contribution in [0.1, 0.15) is 26.3 Å². The minimum absolute atomic E-state index is 0.223. The van der Waals surface area contributed by atoms with Gasteiger partial charge >= 0.3 is 0 Å². The molecule has 0 saturated carbocycles. The van der Waals surface area contributed by atoms with E-state index in [0.29, 0.717) is 6.54 Å². The van der Waals surface area contributed by atoms with Crippen LogP contribution in [0.3, 0.4) is 0 Å². The highest BCUT2D eigenvalue weighted by atomic mass is 19.1. The molecule has 1 rings (SSSR count). The van der Waals surface area contributed by atoms with Gasteiger partial charge in [-0.2, -0.15) is 0 Å². The Labute approximate surface area is 101 Å². The zero-order chi connectivity index (χ0) is 13.1. The molecule has 94 valence electrons. The fraction of sp³-hybridized carbons (Fsp3) is 0.462. The molecule has 0 aliphatic carbocycles. The summed E-state index contributed by atoms with van der Waals surface area (Å²) in [6, 6.07) is 4.64. The molecule has 0 heterocycles. The highest BCUT2D eigenvalue weighted by Crippen LogP contribution is 2.17. The molecule has 0 radical (unpaired) electrons. The molecule has 0 saturated heterocycles. The zero-order valence-electron chi connectivity index (χ0n) is 10.7. The van der Waals surface area contributed by atoms with E-state index >= 15 is 0 Å². The lowest BCUT2D eigenvalue weighted by Gasteiger charge is -2.24. The van der Waals surface area contributed by atoms with Crippen LogP contribution in [0.5, 0.6) is 0 Å². The van der Waals surface area contributed by atoms with Gasteiger partial charge in [0.1, 0.15) is 5.82 Å². The number of amides is 1. The number of rotatable bonds is 4. The number of likely N-dealkylation sites (N-methyl/N-ethyl adjacent to an activating group) is 1. The summed E-state index contributed by atoms with van der Waals surface area (Å²) in [4.78, 5) is 11.9. The van der Waals surface area contributed by atoms with Crippen molar-refractivity contribution in [3.63, 3.8) is 0 Å². The zero-order valence-corrected chi connectivity index (χ0v) is 10.7. The van der Waals surface area contributed by atoms with Gasteiger partial charge in [-0.25, -0.2) is 4.39 Å². The van der Waals surface area contributed by atoms with Gasteiger partial charge in [-0.15, -0.1) is 0 Å². The van der Waals surface area contributed by atoms with Gasteiger partial charge in [0.15, 0.2) is 0 Å². The van der Waals surface area contributed by atoms with E-state index < -0.39 is 11.4 Å². The summed E-state index contributed by atoms with van der Waals surface area (Å²) in [5, 5.41) is 5.64. The molecule has 1 aromatic carbocycles. The maximum Gasteiger partial charge on any atom is 0.244 e. The topological polar surface area (TPSA) is 41.1 Å². The third-order valence-electron chi connectivity index (χ3n) is 2.56. The van der Waals surface area contributed by atoms with Crippen molar-refractivity contribution in [1.29, 1.82) is 0 Å². The molecule has 0 spiro atoms. The lowest BCUT2D eigenvalue weighted by Crippen LogP contribution is -2.49. The van der Waals surface area contributed by atoms with Gasteiger partial charge in [0.2, 0.25) is 5.91 Å². The Morgan fingerprint density at radius 3 is 2.65 bits per heavy atom. The number of hydrogen-bond acceptors (Lipinski definition) is 2. The Morgan fingerprint density at radius 1 is 1.41 bits per heavy atom. The Bertz CT molecular complexity index is 416. The molecule has 0 aliphatic rings. The maximum atomic E-state index is 13.5. The van der Waals surface area contributed by atoms with Gasteiger partial charge in [-0.1, -0.05) is 13.0 Å². The highest BCUT2D eigenvalue weighted by Gasteiger charge is 2.26. The molecule has 0 aliphatic heterocycles. The third-order valence-corrected chi connectivity index (χ3v) is 2.56. The van der Waals surface area contributed by atoms with E-state index in [1.54, 1.807) is 26.0 Å². The Balaban J connectivity index is 2.84. The van der Waals surface area contributed by atoms with Crippen LogP contribution < -0.4 is 10.6 Å². The number of benzene rings is 1. The van der Waals surface area contributed by atoms with Crippen LogP contribution >= 0.6 is 0 Å². The standard InChI is InChI=1S/C13H19FN2O/c1-5-15-13(3,4)12(17)16-11-8-9(2)6-7-10(11)14/h6-8,15H,5H2,1-4H3,(H,16,17). The predicted octanol–water partition coefficient (Wildman–Crippen LogP) is 2.46. The van der Waals surface area contributed by atoms with Crippen LogP contribution in [0.2, 0.25) is 0 Å². The molecule has 0 bridgehead atoms. The molecule has 2 N–H and O–H groups in total. The summed E-state index contributed by atoms with van der Waals surface area (Å²) in [6.45, 7) is 7.97. The molecular formula is C13H19FN2O. The third kappa shape index (κ3) is 3.53. The van der Waals surface area contributed by atoms with E-state index in [2.05, 4.69) is 10.6 Å². The second-order valence-electron chi connectivity index (χ2n) is 4.59. The Kier molecular flexibility index (Phi) is 4.23. The van der Waals surface area contributed by atoms with Crippen LogP contribution in [0.25, 0.3) is 0 Å². The number of nitrogens with one attached hydrogen (secondary N) is 2. The van der Waals surface area contributed by atoms with Crippen LogP contribution in [-0.2, 0) is 4.79 Å². The molecule has 4 heteroatoms. The largest absolute Gasteiger partial charge is 0.322 e. The van der Waals surface area contributed by atoms with Crippen molar-refractivity contribution in [1.82, 2.24) is 5.32 Å². The average Bonchev–Trinajstić information content (AvgIpc) is 2.23. The van der Waals surface area contributed by atoms with Gasteiger partial charge in [0.25, 0.3) is 0 Å². The van der Waals surface area contributed by atoms with Crippen molar-refractivity contribution in [2.24, 2.45) is 0 Å². The number of hydrogen-bond donors (Lipinski definition) is 2. The van der Waals surface area contributed by atoms with Gasteiger partial charge in [0.05, 0.1) is 11.2 Å².